The molecule has 0 saturated carbocycles. The first-order chi connectivity index (χ1) is 9.67. The Balaban J connectivity index is 2.16. The maximum absolute atomic E-state index is 10.4. The van der Waals surface area contributed by atoms with Crippen molar-refractivity contribution >= 4 is 5.69 Å². The Hall–Kier alpha value is -1.26. The number of benzene rings is 1. The predicted octanol–water partition coefficient (Wildman–Crippen LogP) is 2.20. The van der Waals surface area contributed by atoms with Crippen LogP contribution in [0.5, 0.6) is 5.75 Å². The first kappa shape index (κ1) is 15.1. The Labute approximate surface area is 122 Å². The van der Waals surface area contributed by atoms with Crippen molar-refractivity contribution in [3.8, 4) is 5.75 Å². The van der Waals surface area contributed by atoms with Crippen molar-refractivity contribution < 1.29 is 5.11 Å². The fourth-order valence-corrected chi connectivity index (χ4v) is 2.94. The van der Waals surface area contributed by atoms with Crippen molar-refractivity contribution in [3.63, 3.8) is 0 Å². The lowest BCUT2D eigenvalue weighted by atomic mass is 10.0. The van der Waals surface area contributed by atoms with E-state index in [-0.39, 0.29) is 6.04 Å². The van der Waals surface area contributed by atoms with E-state index >= 15 is 0 Å². The number of nitrogens with zero attached hydrogens (tertiary/aromatic N) is 2. The molecule has 1 saturated heterocycles. The van der Waals surface area contributed by atoms with E-state index in [0.29, 0.717) is 5.75 Å². The van der Waals surface area contributed by atoms with E-state index in [0.717, 1.165) is 50.5 Å². The van der Waals surface area contributed by atoms with Crippen LogP contribution in [0.3, 0.4) is 0 Å². The Morgan fingerprint density at radius 2 is 1.90 bits per heavy atom. The molecule has 20 heavy (non-hydrogen) atoms. The van der Waals surface area contributed by atoms with Gasteiger partial charge in [0.05, 0.1) is 0 Å². The van der Waals surface area contributed by atoms with E-state index < -0.39 is 0 Å². The second kappa shape index (κ2) is 6.95. The molecular weight excluding hydrogens is 250 g/mol. The molecule has 1 atom stereocenters. The van der Waals surface area contributed by atoms with E-state index in [1.165, 1.54) is 0 Å². The summed E-state index contributed by atoms with van der Waals surface area (Å²) in [7, 11) is 0. The van der Waals surface area contributed by atoms with Crippen molar-refractivity contribution in [1.82, 2.24) is 10.2 Å². The normalized spacial score (nSPS) is 17.9. The highest BCUT2D eigenvalue weighted by atomic mass is 16.3. The van der Waals surface area contributed by atoms with E-state index in [1.807, 2.05) is 6.07 Å². The number of phenols is 1. The quantitative estimate of drug-likeness (QED) is 0.865. The molecule has 1 fully saturated rings. The van der Waals surface area contributed by atoms with Gasteiger partial charge in [-0.1, -0.05) is 6.07 Å². The van der Waals surface area contributed by atoms with Crippen LogP contribution in [-0.4, -0.2) is 49.3 Å². The van der Waals surface area contributed by atoms with E-state index in [1.54, 1.807) is 0 Å². The van der Waals surface area contributed by atoms with Crippen LogP contribution in [0.2, 0.25) is 0 Å². The van der Waals surface area contributed by atoms with Gasteiger partial charge in [0.2, 0.25) is 0 Å². The van der Waals surface area contributed by atoms with Gasteiger partial charge in [0.25, 0.3) is 0 Å². The molecule has 0 aromatic heterocycles. The van der Waals surface area contributed by atoms with Crippen LogP contribution in [0, 0.1) is 0 Å². The first-order valence-corrected chi connectivity index (χ1v) is 7.70. The van der Waals surface area contributed by atoms with Crippen LogP contribution in [0.4, 0.5) is 5.69 Å². The van der Waals surface area contributed by atoms with Crippen LogP contribution >= 0.6 is 0 Å². The zero-order chi connectivity index (χ0) is 14.5. The molecule has 0 spiro atoms. The number of hydrogen-bond acceptors (Lipinski definition) is 4. The van der Waals surface area contributed by atoms with Crippen molar-refractivity contribution in [3.05, 3.63) is 23.8 Å². The lowest BCUT2D eigenvalue weighted by molar-refractivity contribution is 0.183. The highest BCUT2D eigenvalue weighted by Gasteiger charge is 2.20. The van der Waals surface area contributed by atoms with Crippen molar-refractivity contribution in [1.29, 1.82) is 0 Å². The molecule has 2 N–H and O–H groups in total. The highest BCUT2D eigenvalue weighted by molar-refractivity contribution is 5.54. The lowest BCUT2D eigenvalue weighted by Crippen LogP contribution is -2.44. The molecule has 112 valence electrons. The highest BCUT2D eigenvalue weighted by Crippen LogP contribution is 2.32. The standard InChI is InChI=1S/C16H27N3O/c1-4-18(5-2)14-6-7-15(16(20)12-14)13(3)19-10-8-17-9-11-19/h6-7,12-13,17,20H,4-5,8-11H2,1-3H3/t13-/m1/s1. The molecule has 0 aliphatic carbocycles. The van der Waals surface area contributed by atoms with Gasteiger partial charge in [-0.3, -0.25) is 4.90 Å². The minimum atomic E-state index is 0.267. The molecule has 4 nitrogen and oxygen atoms in total. The maximum atomic E-state index is 10.4. The van der Waals surface area contributed by atoms with Crippen molar-refractivity contribution in [2.75, 3.05) is 44.2 Å². The molecule has 1 aromatic carbocycles. The minimum absolute atomic E-state index is 0.267. The summed E-state index contributed by atoms with van der Waals surface area (Å²) in [4.78, 5) is 4.67. The summed E-state index contributed by atoms with van der Waals surface area (Å²) in [6.45, 7) is 12.5. The lowest BCUT2D eigenvalue weighted by Gasteiger charge is -2.33. The number of anilines is 1. The third-order valence-electron chi connectivity index (χ3n) is 4.29. The maximum Gasteiger partial charge on any atom is 0.122 e. The molecule has 4 heteroatoms. The van der Waals surface area contributed by atoms with Crippen molar-refractivity contribution in [2.45, 2.75) is 26.8 Å². The van der Waals surface area contributed by atoms with Gasteiger partial charge in [-0.25, -0.2) is 0 Å². The Morgan fingerprint density at radius 1 is 1.25 bits per heavy atom. The summed E-state index contributed by atoms with van der Waals surface area (Å²) in [6, 6.07) is 6.38. The molecule has 1 heterocycles. The number of rotatable bonds is 5. The van der Waals surface area contributed by atoms with Crippen LogP contribution < -0.4 is 10.2 Å². The molecular formula is C16H27N3O. The summed E-state index contributed by atoms with van der Waals surface area (Å²) in [5.41, 5.74) is 2.13. The van der Waals surface area contributed by atoms with Gasteiger partial charge in [-0.05, 0) is 26.8 Å². The van der Waals surface area contributed by atoms with Crippen LogP contribution in [0.25, 0.3) is 0 Å². The summed E-state index contributed by atoms with van der Waals surface area (Å²) >= 11 is 0. The van der Waals surface area contributed by atoms with Gasteiger partial charge in [-0.15, -0.1) is 0 Å². The largest absolute Gasteiger partial charge is 0.508 e. The molecule has 0 unspecified atom stereocenters. The first-order valence-electron chi connectivity index (χ1n) is 7.70. The molecule has 1 aromatic rings. The van der Waals surface area contributed by atoms with Gasteiger partial charge in [0.15, 0.2) is 0 Å². The van der Waals surface area contributed by atoms with Gasteiger partial charge >= 0.3 is 0 Å². The van der Waals surface area contributed by atoms with Gasteiger partial charge in [0, 0.05) is 62.6 Å². The minimum Gasteiger partial charge on any atom is -0.508 e. The Kier molecular flexibility index (Phi) is 5.26. The van der Waals surface area contributed by atoms with E-state index in [9.17, 15) is 5.11 Å². The molecule has 2 rings (SSSR count). The number of aromatic hydroxyl groups is 1. The topological polar surface area (TPSA) is 38.7 Å². The molecule has 1 aliphatic heterocycles. The molecule has 0 radical (unpaired) electrons. The van der Waals surface area contributed by atoms with Crippen LogP contribution in [-0.2, 0) is 0 Å². The third-order valence-corrected chi connectivity index (χ3v) is 4.29. The Bertz CT molecular complexity index is 426. The van der Waals surface area contributed by atoms with Crippen molar-refractivity contribution in [2.24, 2.45) is 0 Å². The van der Waals surface area contributed by atoms with Crippen LogP contribution in [0.15, 0.2) is 18.2 Å². The van der Waals surface area contributed by atoms with Gasteiger partial charge in [0.1, 0.15) is 5.75 Å². The zero-order valence-electron chi connectivity index (χ0n) is 12.9. The SMILES string of the molecule is CCN(CC)c1ccc([C@@H](C)N2CCNCC2)c(O)c1. The van der Waals surface area contributed by atoms with E-state index in [4.69, 9.17) is 0 Å². The summed E-state index contributed by atoms with van der Waals surface area (Å²) < 4.78 is 0. The van der Waals surface area contributed by atoms with E-state index in [2.05, 4.69) is 48.0 Å². The summed E-state index contributed by atoms with van der Waals surface area (Å²) in [5, 5.41) is 13.7. The second-order valence-corrected chi connectivity index (χ2v) is 5.38. The fourth-order valence-electron chi connectivity index (χ4n) is 2.94. The average Bonchev–Trinajstić information content (AvgIpc) is 2.49. The number of nitrogens with one attached hydrogen (secondary N) is 1. The summed E-state index contributed by atoms with van der Waals surface area (Å²) in [5.74, 6) is 0.417. The monoisotopic (exact) mass is 277 g/mol. The number of piperazine rings is 1. The summed E-state index contributed by atoms with van der Waals surface area (Å²) in [6.07, 6.45) is 0. The number of hydrogen-bond donors (Lipinski definition) is 2. The molecule has 0 amide bonds. The predicted molar refractivity (Wildman–Crippen MR) is 84.5 cm³/mol. The number of phenolic OH excluding ortho intramolecular Hbond substituents is 1. The van der Waals surface area contributed by atoms with Crippen LogP contribution in [0.1, 0.15) is 32.4 Å². The van der Waals surface area contributed by atoms with Gasteiger partial charge in [-0.2, -0.15) is 0 Å². The average molecular weight is 277 g/mol. The third kappa shape index (κ3) is 3.25. The second-order valence-electron chi connectivity index (χ2n) is 5.38. The zero-order valence-corrected chi connectivity index (χ0v) is 12.9. The Morgan fingerprint density at radius 3 is 2.45 bits per heavy atom. The fraction of sp³-hybridized carbons (Fsp3) is 0.625. The molecule has 1 aliphatic rings. The van der Waals surface area contributed by atoms with Gasteiger partial charge < -0.3 is 15.3 Å². The molecule has 0 bridgehead atoms. The smallest absolute Gasteiger partial charge is 0.122 e.